The van der Waals surface area contributed by atoms with Crippen molar-refractivity contribution in [3.05, 3.63) is 77.9 Å². The predicted molar refractivity (Wildman–Crippen MR) is 94.5 cm³/mol. The molecule has 0 aliphatic heterocycles. The van der Waals surface area contributed by atoms with Gasteiger partial charge in [0.25, 0.3) is 0 Å². The normalized spacial score (nSPS) is 11.9. The molecule has 3 aromatic rings. The number of benzene rings is 2. The van der Waals surface area contributed by atoms with Crippen LogP contribution < -0.4 is 0 Å². The molecule has 7 heteroatoms. The summed E-state index contributed by atoms with van der Waals surface area (Å²) in [6, 6.07) is 15.5. The van der Waals surface area contributed by atoms with E-state index in [2.05, 4.69) is 15.5 Å². The van der Waals surface area contributed by atoms with E-state index in [9.17, 15) is 9.18 Å². The third kappa shape index (κ3) is 4.30. The summed E-state index contributed by atoms with van der Waals surface area (Å²) in [5.41, 5.74) is 1.76. The molecular weight excluding hydrogens is 333 g/mol. The van der Waals surface area contributed by atoms with E-state index < -0.39 is 6.04 Å². The Hall–Kier alpha value is -3.09. The second-order valence-electron chi connectivity index (χ2n) is 5.98. The van der Waals surface area contributed by atoms with Crippen LogP contribution in [-0.2, 0) is 17.8 Å². The van der Waals surface area contributed by atoms with E-state index in [0.717, 1.165) is 11.1 Å². The van der Waals surface area contributed by atoms with Gasteiger partial charge in [-0.05, 0) is 40.6 Å². The minimum absolute atomic E-state index is 0.104. The average Bonchev–Trinajstić information content (AvgIpc) is 3.19. The maximum Gasteiger partial charge on any atom is 0.248 e. The summed E-state index contributed by atoms with van der Waals surface area (Å²) >= 11 is 0. The number of tetrazole rings is 1. The van der Waals surface area contributed by atoms with Crippen molar-refractivity contribution in [1.29, 1.82) is 0 Å². The molecule has 1 heterocycles. The first-order valence-electron chi connectivity index (χ1n) is 8.47. The molecule has 6 nitrogen and oxygen atoms in total. The second kappa shape index (κ2) is 8.33. The van der Waals surface area contributed by atoms with Gasteiger partial charge in [0, 0.05) is 19.5 Å². The zero-order chi connectivity index (χ0) is 18.4. The maximum absolute atomic E-state index is 13.5. The molecule has 0 saturated carbocycles. The largest absolute Gasteiger partial charge is 0.337 e. The molecule has 0 saturated heterocycles. The summed E-state index contributed by atoms with van der Waals surface area (Å²) < 4.78 is 14.9. The molecule has 1 aromatic heterocycles. The van der Waals surface area contributed by atoms with Gasteiger partial charge in [-0.3, -0.25) is 4.79 Å². The van der Waals surface area contributed by atoms with E-state index in [0.29, 0.717) is 19.5 Å². The Kier molecular flexibility index (Phi) is 5.68. The van der Waals surface area contributed by atoms with Crippen LogP contribution in [0, 0.1) is 5.82 Å². The summed E-state index contributed by atoms with van der Waals surface area (Å²) in [7, 11) is 0. The van der Waals surface area contributed by atoms with Gasteiger partial charge in [-0.25, -0.2) is 9.07 Å². The molecule has 134 valence electrons. The van der Waals surface area contributed by atoms with Crippen LogP contribution in [0.2, 0.25) is 0 Å². The quantitative estimate of drug-likeness (QED) is 0.655. The zero-order valence-corrected chi connectivity index (χ0v) is 14.5. The Bertz CT molecular complexity index is 838. The van der Waals surface area contributed by atoms with E-state index in [-0.39, 0.29) is 11.7 Å². The number of rotatable bonds is 7. The van der Waals surface area contributed by atoms with E-state index in [1.54, 1.807) is 11.0 Å². The lowest BCUT2D eigenvalue weighted by Gasteiger charge is -2.26. The molecule has 0 N–H and O–H groups in total. The Balaban J connectivity index is 1.83. The van der Waals surface area contributed by atoms with Crippen LogP contribution in [0.4, 0.5) is 4.39 Å². The first kappa shape index (κ1) is 17.7. The predicted octanol–water partition coefficient (Wildman–Crippen LogP) is 2.64. The van der Waals surface area contributed by atoms with Crippen molar-refractivity contribution in [2.75, 3.05) is 6.54 Å². The fourth-order valence-corrected chi connectivity index (χ4v) is 2.85. The third-order valence-corrected chi connectivity index (χ3v) is 4.20. The van der Waals surface area contributed by atoms with Gasteiger partial charge in [-0.15, -0.1) is 5.10 Å². The van der Waals surface area contributed by atoms with Crippen LogP contribution in [0.25, 0.3) is 0 Å². The van der Waals surface area contributed by atoms with E-state index in [4.69, 9.17) is 0 Å². The number of halogens is 1. The highest BCUT2D eigenvalue weighted by Gasteiger charge is 2.26. The molecule has 0 aliphatic carbocycles. The molecule has 0 spiro atoms. The van der Waals surface area contributed by atoms with Gasteiger partial charge in [-0.1, -0.05) is 42.5 Å². The van der Waals surface area contributed by atoms with Crippen molar-refractivity contribution in [3.63, 3.8) is 0 Å². The van der Waals surface area contributed by atoms with Gasteiger partial charge < -0.3 is 4.90 Å². The SMILES string of the molecule is CCN(Cc1cccc(F)c1)C(=O)C(Cc1ccccc1)n1cnnn1. The van der Waals surface area contributed by atoms with Crippen molar-refractivity contribution in [1.82, 2.24) is 25.1 Å². The molecule has 0 bridgehead atoms. The third-order valence-electron chi connectivity index (χ3n) is 4.20. The van der Waals surface area contributed by atoms with Gasteiger partial charge in [0.15, 0.2) is 0 Å². The highest BCUT2D eigenvalue weighted by Crippen LogP contribution is 2.18. The van der Waals surface area contributed by atoms with Gasteiger partial charge >= 0.3 is 0 Å². The first-order chi connectivity index (χ1) is 12.7. The van der Waals surface area contributed by atoms with Crippen LogP contribution >= 0.6 is 0 Å². The first-order valence-corrected chi connectivity index (χ1v) is 8.47. The highest BCUT2D eigenvalue weighted by atomic mass is 19.1. The molecule has 1 unspecified atom stereocenters. The fraction of sp³-hybridized carbons (Fsp3) is 0.263. The van der Waals surface area contributed by atoms with Gasteiger partial charge in [0.05, 0.1) is 0 Å². The number of likely N-dealkylation sites (N-methyl/N-ethyl adjacent to an activating group) is 1. The van der Waals surface area contributed by atoms with E-state index in [1.807, 2.05) is 43.3 Å². The lowest BCUT2D eigenvalue weighted by molar-refractivity contribution is -0.135. The number of aromatic nitrogens is 4. The van der Waals surface area contributed by atoms with Crippen molar-refractivity contribution in [2.45, 2.75) is 25.9 Å². The summed E-state index contributed by atoms with van der Waals surface area (Å²) in [5.74, 6) is -0.416. The summed E-state index contributed by atoms with van der Waals surface area (Å²) in [4.78, 5) is 14.9. The summed E-state index contributed by atoms with van der Waals surface area (Å²) in [6.45, 7) is 2.74. The number of carbonyl (C=O) groups excluding carboxylic acids is 1. The molecule has 1 amide bonds. The van der Waals surface area contributed by atoms with Crippen molar-refractivity contribution in [3.8, 4) is 0 Å². The van der Waals surface area contributed by atoms with Crippen LogP contribution in [0.3, 0.4) is 0 Å². The van der Waals surface area contributed by atoms with Crippen molar-refractivity contribution < 1.29 is 9.18 Å². The van der Waals surface area contributed by atoms with Gasteiger partial charge in [0.1, 0.15) is 18.2 Å². The zero-order valence-electron chi connectivity index (χ0n) is 14.5. The minimum Gasteiger partial charge on any atom is -0.337 e. The number of carbonyl (C=O) groups is 1. The average molecular weight is 353 g/mol. The second-order valence-corrected chi connectivity index (χ2v) is 5.98. The molecule has 26 heavy (non-hydrogen) atoms. The molecule has 1 atom stereocenters. The topological polar surface area (TPSA) is 63.9 Å². The minimum atomic E-state index is -0.555. The summed E-state index contributed by atoms with van der Waals surface area (Å²) in [5, 5.41) is 11.2. The summed E-state index contributed by atoms with van der Waals surface area (Å²) in [6.07, 6.45) is 1.92. The smallest absolute Gasteiger partial charge is 0.248 e. The van der Waals surface area contributed by atoms with E-state index >= 15 is 0 Å². The Morgan fingerprint density at radius 1 is 1.15 bits per heavy atom. The number of hydrogen-bond acceptors (Lipinski definition) is 4. The monoisotopic (exact) mass is 353 g/mol. The molecule has 0 aliphatic rings. The van der Waals surface area contributed by atoms with Crippen molar-refractivity contribution >= 4 is 5.91 Å². The maximum atomic E-state index is 13.5. The Labute approximate surface area is 151 Å². The molecule has 0 fully saturated rings. The lowest BCUT2D eigenvalue weighted by Crippen LogP contribution is -2.38. The molecule has 2 aromatic carbocycles. The molecular formula is C19H20FN5O. The number of amides is 1. The number of hydrogen-bond donors (Lipinski definition) is 0. The van der Waals surface area contributed by atoms with Crippen molar-refractivity contribution in [2.24, 2.45) is 0 Å². The van der Waals surface area contributed by atoms with Crippen LogP contribution in [-0.4, -0.2) is 37.6 Å². The molecule has 0 radical (unpaired) electrons. The van der Waals surface area contributed by atoms with Gasteiger partial charge in [0.2, 0.25) is 5.91 Å². The fourth-order valence-electron chi connectivity index (χ4n) is 2.85. The Morgan fingerprint density at radius 2 is 1.92 bits per heavy atom. The van der Waals surface area contributed by atoms with E-state index in [1.165, 1.54) is 23.1 Å². The highest BCUT2D eigenvalue weighted by molar-refractivity contribution is 5.80. The standard InChI is InChI=1S/C19H20FN5O/c1-2-24(13-16-9-6-10-17(20)11-16)19(26)18(25-14-21-22-23-25)12-15-7-4-3-5-8-15/h3-11,14,18H,2,12-13H2,1H3. The van der Waals surface area contributed by atoms with Crippen LogP contribution in [0.1, 0.15) is 24.1 Å². The Morgan fingerprint density at radius 3 is 2.58 bits per heavy atom. The number of nitrogens with zero attached hydrogens (tertiary/aromatic N) is 5. The molecule has 3 rings (SSSR count). The van der Waals surface area contributed by atoms with Crippen LogP contribution in [0.5, 0.6) is 0 Å². The van der Waals surface area contributed by atoms with Crippen LogP contribution in [0.15, 0.2) is 60.9 Å². The lowest BCUT2D eigenvalue weighted by atomic mass is 10.0. The van der Waals surface area contributed by atoms with Gasteiger partial charge in [-0.2, -0.15) is 0 Å².